The number of ether oxygens (including phenoxy) is 1. The molecule has 0 bridgehead atoms. The van der Waals surface area contributed by atoms with E-state index in [9.17, 15) is 9.90 Å². The van der Waals surface area contributed by atoms with Crippen LogP contribution in [0.25, 0.3) is 0 Å². The molecule has 0 aliphatic heterocycles. The molecule has 0 saturated heterocycles. The highest BCUT2D eigenvalue weighted by Gasteiger charge is 2.64. The fourth-order valence-electron chi connectivity index (χ4n) is 2.61. The standard InChI is InChI=1S/C17H25NO3/c1-11-6-7-12(10-13(11)18)16(5,20)17(8-9-17)14(19)21-15(2,3)4/h6-7,10,20H,8-9,18H2,1-5H3. The normalized spacial score (nSPS) is 19.7. The SMILES string of the molecule is Cc1ccc(C(C)(O)C2(C(=O)OC(C)(C)C)CC2)cc1N. The van der Waals surface area contributed by atoms with E-state index in [0.717, 1.165) is 5.56 Å². The van der Waals surface area contributed by atoms with E-state index in [-0.39, 0.29) is 5.97 Å². The van der Waals surface area contributed by atoms with Crippen LogP contribution in [0.5, 0.6) is 0 Å². The quantitative estimate of drug-likeness (QED) is 0.663. The van der Waals surface area contributed by atoms with Crippen LogP contribution in [0.1, 0.15) is 51.7 Å². The van der Waals surface area contributed by atoms with E-state index in [1.165, 1.54) is 0 Å². The Kier molecular flexibility index (Phi) is 3.57. The molecule has 4 nitrogen and oxygen atoms in total. The maximum absolute atomic E-state index is 12.5. The van der Waals surface area contributed by atoms with Crippen molar-refractivity contribution in [1.82, 2.24) is 0 Å². The summed E-state index contributed by atoms with van der Waals surface area (Å²) in [5.41, 5.74) is 5.47. The lowest BCUT2D eigenvalue weighted by Crippen LogP contribution is -2.42. The number of benzene rings is 1. The molecule has 0 heterocycles. The number of hydrogen-bond acceptors (Lipinski definition) is 4. The number of rotatable bonds is 3. The molecule has 1 aliphatic carbocycles. The van der Waals surface area contributed by atoms with Gasteiger partial charge in [0.2, 0.25) is 0 Å². The van der Waals surface area contributed by atoms with E-state index < -0.39 is 16.6 Å². The van der Waals surface area contributed by atoms with Crippen molar-refractivity contribution in [2.45, 2.75) is 58.7 Å². The first-order chi connectivity index (χ1) is 9.49. The van der Waals surface area contributed by atoms with Crippen LogP contribution >= 0.6 is 0 Å². The van der Waals surface area contributed by atoms with Crippen molar-refractivity contribution in [3.8, 4) is 0 Å². The lowest BCUT2D eigenvalue weighted by atomic mass is 9.79. The molecule has 0 aromatic heterocycles. The smallest absolute Gasteiger partial charge is 0.315 e. The van der Waals surface area contributed by atoms with Crippen molar-refractivity contribution in [3.63, 3.8) is 0 Å². The van der Waals surface area contributed by atoms with Gasteiger partial charge in [-0.2, -0.15) is 0 Å². The molecule has 1 fully saturated rings. The first kappa shape index (κ1) is 15.8. The lowest BCUT2D eigenvalue weighted by molar-refractivity contribution is -0.173. The second-order valence-corrected chi connectivity index (χ2v) is 7.23. The van der Waals surface area contributed by atoms with E-state index in [4.69, 9.17) is 10.5 Å². The highest BCUT2D eigenvalue weighted by atomic mass is 16.6. The molecule has 1 unspecified atom stereocenters. The average molecular weight is 291 g/mol. The van der Waals surface area contributed by atoms with E-state index in [2.05, 4.69) is 0 Å². The van der Waals surface area contributed by atoms with Gasteiger partial charge in [0.05, 0.1) is 0 Å². The Balaban J connectivity index is 2.34. The fourth-order valence-corrected chi connectivity index (χ4v) is 2.61. The number of anilines is 1. The van der Waals surface area contributed by atoms with Gasteiger partial charge < -0.3 is 15.6 Å². The molecule has 116 valence electrons. The molecule has 21 heavy (non-hydrogen) atoms. The van der Waals surface area contributed by atoms with Gasteiger partial charge in [0.15, 0.2) is 0 Å². The zero-order chi connectivity index (χ0) is 16.1. The summed E-state index contributed by atoms with van der Waals surface area (Å²) in [6.45, 7) is 9.08. The Morgan fingerprint density at radius 3 is 2.29 bits per heavy atom. The van der Waals surface area contributed by atoms with Gasteiger partial charge in [-0.15, -0.1) is 0 Å². The number of carbonyl (C=O) groups is 1. The predicted molar refractivity (Wildman–Crippen MR) is 82.7 cm³/mol. The van der Waals surface area contributed by atoms with Crippen LogP contribution in [-0.4, -0.2) is 16.7 Å². The highest BCUT2D eigenvalue weighted by molar-refractivity contribution is 5.82. The van der Waals surface area contributed by atoms with Crippen molar-refractivity contribution in [1.29, 1.82) is 0 Å². The van der Waals surface area contributed by atoms with Crippen LogP contribution in [0.15, 0.2) is 18.2 Å². The monoisotopic (exact) mass is 291 g/mol. The first-order valence-electron chi connectivity index (χ1n) is 7.32. The molecule has 1 saturated carbocycles. The number of nitrogen functional groups attached to an aromatic ring is 1. The predicted octanol–water partition coefficient (Wildman–Crippen LogP) is 2.91. The van der Waals surface area contributed by atoms with Gasteiger partial charge in [-0.05, 0) is 64.7 Å². The Morgan fingerprint density at radius 2 is 1.86 bits per heavy atom. The van der Waals surface area contributed by atoms with Crippen LogP contribution in [0, 0.1) is 12.3 Å². The Hall–Kier alpha value is -1.55. The van der Waals surface area contributed by atoms with Gasteiger partial charge in [-0.1, -0.05) is 12.1 Å². The molecule has 1 atom stereocenters. The second kappa shape index (κ2) is 4.73. The minimum atomic E-state index is -1.28. The minimum Gasteiger partial charge on any atom is -0.459 e. The molecule has 3 N–H and O–H groups in total. The number of aliphatic hydroxyl groups is 1. The molecule has 4 heteroatoms. The molecule has 0 radical (unpaired) electrons. The number of carbonyl (C=O) groups excluding carboxylic acids is 1. The third-order valence-corrected chi connectivity index (χ3v) is 4.31. The summed E-state index contributed by atoms with van der Waals surface area (Å²) in [5, 5.41) is 11.0. The third-order valence-electron chi connectivity index (χ3n) is 4.31. The largest absolute Gasteiger partial charge is 0.459 e. The summed E-state index contributed by atoms with van der Waals surface area (Å²) in [7, 11) is 0. The van der Waals surface area contributed by atoms with Gasteiger partial charge in [0.1, 0.15) is 16.6 Å². The maximum atomic E-state index is 12.5. The maximum Gasteiger partial charge on any atom is 0.315 e. The summed E-state index contributed by atoms with van der Waals surface area (Å²) in [4.78, 5) is 12.5. The van der Waals surface area contributed by atoms with Crippen molar-refractivity contribution >= 4 is 11.7 Å². The zero-order valence-electron chi connectivity index (χ0n) is 13.5. The van der Waals surface area contributed by atoms with Gasteiger partial charge in [-0.3, -0.25) is 4.79 Å². The van der Waals surface area contributed by atoms with Crippen molar-refractivity contribution in [3.05, 3.63) is 29.3 Å². The van der Waals surface area contributed by atoms with Crippen LogP contribution in [-0.2, 0) is 15.1 Å². The second-order valence-electron chi connectivity index (χ2n) is 7.23. The number of aryl methyl sites for hydroxylation is 1. The van der Waals surface area contributed by atoms with E-state index in [0.29, 0.717) is 24.1 Å². The number of esters is 1. The number of hydrogen-bond donors (Lipinski definition) is 2. The summed E-state index contributed by atoms with van der Waals surface area (Å²) in [6, 6.07) is 5.44. The van der Waals surface area contributed by atoms with Gasteiger partial charge in [-0.25, -0.2) is 0 Å². The van der Waals surface area contributed by atoms with Gasteiger partial charge >= 0.3 is 5.97 Å². The highest BCUT2D eigenvalue weighted by Crippen LogP contribution is 2.59. The summed E-state index contributed by atoms with van der Waals surface area (Å²) >= 11 is 0. The van der Waals surface area contributed by atoms with E-state index in [1.54, 1.807) is 13.0 Å². The topological polar surface area (TPSA) is 72.5 Å². The van der Waals surface area contributed by atoms with E-state index >= 15 is 0 Å². The molecule has 1 aliphatic rings. The van der Waals surface area contributed by atoms with Crippen molar-refractivity contribution in [2.75, 3.05) is 5.73 Å². The van der Waals surface area contributed by atoms with E-state index in [1.807, 2.05) is 39.8 Å². The molecule has 0 amide bonds. The van der Waals surface area contributed by atoms with Crippen LogP contribution in [0.4, 0.5) is 5.69 Å². The first-order valence-corrected chi connectivity index (χ1v) is 7.32. The summed E-state index contributed by atoms with van der Waals surface area (Å²) in [6.07, 6.45) is 1.26. The average Bonchev–Trinajstić information content (AvgIpc) is 3.11. The number of nitrogens with two attached hydrogens (primary N) is 1. The van der Waals surface area contributed by atoms with Crippen LogP contribution < -0.4 is 5.73 Å². The van der Waals surface area contributed by atoms with Crippen molar-refractivity contribution < 1.29 is 14.6 Å². The summed E-state index contributed by atoms with van der Waals surface area (Å²) in [5.74, 6) is -0.334. The minimum absolute atomic E-state index is 0.334. The summed E-state index contributed by atoms with van der Waals surface area (Å²) < 4.78 is 5.50. The molecule has 2 rings (SSSR count). The molecule has 1 aromatic carbocycles. The molecule has 1 aromatic rings. The lowest BCUT2D eigenvalue weighted by Gasteiger charge is -2.34. The van der Waals surface area contributed by atoms with Crippen LogP contribution in [0.3, 0.4) is 0 Å². The fraction of sp³-hybridized carbons (Fsp3) is 0.588. The Bertz CT molecular complexity index is 566. The molecule has 0 spiro atoms. The Labute approximate surface area is 126 Å². The van der Waals surface area contributed by atoms with Gasteiger partial charge in [0.25, 0.3) is 0 Å². The zero-order valence-corrected chi connectivity index (χ0v) is 13.5. The third kappa shape index (κ3) is 2.77. The van der Waals surface area contributed by atoms with Crippen molar-refractivity contribution in [2.24, 2.45) is 5.41 Å². The molecular weight excluding hydrogens is 266 g/mol. The molecular formula is C17H25NO3. The Morgan fingerprint density at radius 1 is 1.29 bits per heavy atom. The van der Waals surface area contributed by atoms with Crippen LogP contribution in [0.2, 0.25) is 0 Å². The van der Waals surface area contributed by atoms with Gasteiger partial charge in [0, 0.05) is 5.69 Å².